The number of non-ortho nitro benzene ring substituents is 1. The number of nitrogens with one attached hydrogen (secondary N) is 1. The molecule has 0 atom stereocenters. The monoisotopic (exact) mass is 294 g/mol. The highest BCUT2D eigenvalue weighted by Gasteiger charge is 2.10. The number of hydrogen-bond donors (Lipinski definition) is 1. The molecule has 4 nitrogen and oxygen atoms in total. The maximum Gasteiger partial charge on any atom is 0.269 e. The Balaban J connectivity index is 2.20. The molecule has 0 amide bonds. The summed E-state index contributed by atoms with van der Waals surface area (Å²) in [4.78, 5) is 10.3. The third kappa shape index (κ3) is 3.24. The zero-order valence-electron chi connectivity index (χ0n) is 10.7. The van der Waals surface area contributed by atoms with E-state index in [-0.39, 0.29) is 18.0 Å². The van der Waals surface area contributed by atoms with Crippen LogP contribution in [0.4, 0.5) is 15.8 Å². The van der Waals surface area contributed by atoms with Crippen molar-refractivity contribution in [2.45, 2.75) is 13.5 Å². The predicted octanol–water partition coefficient (Wildman–Crippen LogP) is 4.31. The SMILES string of the molecule is Cc1ccc(F)cc1NCc1cc([N+](=O)[O-])ccc1Cl. The van der Waals surface area contributed by atoms with Gasteiger partial charge in [0.25, 0.3) is 5.69 Å². The molecule has 0 aliphatic rings. The average Bonchev–Trinajstić information content (AvgIpc) is 2.41. The van der Waals surface area contributed by atoms with Crippen LogP contribution in [0.25, 0.3) is 0 Å². The second-order valence-corrected chi connectivity index (χ2v) is 4.75. The van der Waals surface area contributed by atoms with Crippen molar-refractivity contribution in [2.24, 2.45) is 0 Å². The number of rotatable bonds is 4. The molecular weight excluding hydrogens is 283 g/mol. The zero-order valence-corrected chi connectivity index (χ0v) is 11.4. The molecule has 2 rings (SSSR count). The Morgan fingerprint density at radius 3 is 2.75 bits per heavy atom. The minimum atomic E-state index is -0.479. The number of benzene rings is 2. The van der Waals surface area contributed by atoms with Crippen molar-refractivity contribution in [3.8, 4) is 0 Å². The Bertz CT molecular complexity index is 662. The minimum absolute atomic E-state index is 0.0258. The topological polar surface area (TPSA) is 55.2 Å². The van der Waals surface area contributed by atoms with E-state index in [1.165, 1.54) is 30.3 Å². The van der Waals surface area contributed by atoms with E-state index in [1.54, 1.807) is 6.07 Å². The minimum Gasteiger partial charge on any atom is -0.381 e. The smallest absolute Gasteiger partial charge is 0.269 e. The molecule has 0 radical (unpaired) electrons. The second-order valence-electron chi connectivity index (χ2n) is 4.35. The fraction of sp³-hybridized carbons (Fsp3) is 0.143. The Kier molecular flexibility index (Phi) is 4.20. The molecule has 2 aromatic rings. The number of nitro groups is 1. The van der Waals surface area contributed by atoms with Gasteiger partial charge in [0.1, 0.15) is 5.82 Å². The van der Waals surface area contributed by atoms with E-state index in [1.807, 2.05) is 6.92 Å². The van der Waals surface area contributed by atoms with E-state index in [4.69, 9.17) is 11.6 Å². The number of anilines is 1. The highest BCUT2D eigenvalue weighted by Crippen LogP contribution is 2.24. The molecule has 2 aromatic carbocycles. The maximum atomic E-state index is 13.2. The van der Waals surface area contributed by atoms with Crippen molar-refractivity contribution < 1.29 is 9.31 Å². The Hall–Kier alpha value is -2.14. The van der Waals surface area contributed by atoms with Crippen LogP contribution >= 0.6 is 11.6 Å². The normalized spacial score (nSPS) is 10.3. The summed E-state index contributed by atoms with van der Waals surface area (Å²) in [7, 11) is 0. The summed E-state index contributed by atoms with van der Waals surface area (Å²) >= 11 is 6.00. The zero-order chi connectivity index (χ0) is 14.7. The maximum absolute atomic E-state index is 13.2. The lowest BCUT2D eigenvalue weighted by atomic mass is 10.1. The van der Waals surface area contributed by atoms with Gasteiger partial charge in [-0.1, -0.05) is 17.7 Å². The lowest BCUT2D eigenvalue weighted by Crippen LogP contribution is -2.03. The van der Waals surface area contributed by atoms with Gasteiger partial charge in [-0.2, -0.15) is 0 Å². The lowest BCUT2D eigenvalue weighted by Gasteiger charge is -2.10. The first kappa shape index (κ1) is 14.3. The van der Waals surface area contributed by atoms with Crippen molar-refractivity contribution in [1.82, 2.24) is 0 Å². The van der Waals surface area contributed by atoms with Gasteiger partial charge < -0.3 is 5.32 Å². The Morgan fingerprint density at radius 2 is 2.05 bits per heavy atom. The number of halogens is 2. The van der Waals surface area contributed by atoms with Crippen LogP contribution in [0, 0.1) is 22.9 Å². The molecule has 20 heavy (non-hydrogen) atoms. The largest absolute Gasteiger partial charge is 0.381 e. The van der Waals surface area contributed by atoms with Gasteiger partial charge in [-0.05, 0) is 36.2 Å². The van der Waals surface area contributed by atoms with Gasteiger partial charge in [-0.3, -0.25) is 10.1 Å². The number of aryl methyl sites for hydroxylation is 1. The lowest BCUT2D eigenvalue weighted by molar-refractivity contribution is -0.384. The van der Waals surface area contributed by atoms with Gasteiger partial charge in [0, 0.05) is 29.4 Å². The highest BCUT2D eigenvalue weighted by molar-refractivity contribution is 6.31. The van der Waals surface area contributed by atoms with Crippen LogP contribution in [0.1, 0.15) is 11.1 Å². The van der Waals surface area contributed by atoms with Gasteiger partial charge >= 0.3 is 0 Å². The number of nitro benzene ring substituents is 1. The van der Waals surface area contributed by atoms with Crippen LogP contribution in [0.15, 0.2) is 36.4 Å². The van der Waals surface area contributed by atoms with Gasteiger partial charge in [0.2, 0.25) is 0 Å². The molecule has 104 valence electrons. The van der Waals surface area contributed by atoms with Crippen LogP contribution in [-0.2, 0) is 6.54 Å². The summed E-state index contributed by atoms with van der Waals surface area (Å²) in [5, 5.41) is 14.2. The summed E-state index contributed by atoms with van der Waals surface area (Å²) < 4.78 is 13.2. The number of hydrogen-bond acceptors (Lipinski definition) is 3. The fourth-order valence-electron chi connectivity index (χ4n) is 1.79. The van der Waals surface area contributed by atoms with Crippen LogP contribution in [0.3, 0.4) is 0 Å². The van der Waals surface area contributed by atoms with E-state index in [9.17, 15) is 14.5 Å². The molecule has 0 saturated heterocycles. The molecule has 0 spiro atoms. The molecule has 0 unspecified atom stereocenters. The molecule has 0 aliphatic carbocycles. The second kappa shape index (κ2) is 5.88. The van der Waals surface area contributed by atoms with Gasteiger partial charge in [0.15, 0.2) is 0 Å². The van der Waals surface area contributed by atoms with Crippen molar-refractivity contribution >= 4 is 23.0 Å². The molecule has 0 heterocycles. The summed E-state index contributed by atoms with van der Waals surface area (Å²) in [6.45, 7) is 2.13. The number of nitrogens with zero attached hydrogens (tertiary/aromatic N) is 1. The molecule has 6 heteroatoms. The highest BCUT2D eigenvalue weighted by atomic mass is 35.5. The summed E-state index contributed by atoms with van der Waals surface area (Å²) in [6, 6.07) is 8.65. The van der Waals surface area contributed by atoms with E-state index in [0.717, 1.165) is 5.56 Å². The van der Waals surface area contributed by atoms with Gasteiger partial charge in [-0.15, -0.1) is 0 Å². The third-order valence-electron chi connectivity index (χ3n) is 2.91. The average molecular weight is 295 g/mol. The summed E-state index contributed by atoms with van der Waals surface area (Å²) in [5.74, 6) is -0.344. The van der Waals surface area contributed by atoms with Gasteiger partial charge in [-0.25, -0.2) is 4.39 Å². The van der Waals surface area contributed by atoms with Crippen molar-refractivity contribution in [3.63, 3.8) is 0 Å². The van der Waals surface area contributed by atoms with E-state index < -0.39 is 4.92 Å². The van der Waals surface area contributed by atoms with E-state index >= 15 is 0 Å². The van der Waals surface area contributed by atoms with Crippen LogP contribution < -0.4 is 5.32 Å². The Labute approximate surface area is 120 Å². The fourth-order valence-corrected chi connectivity index (χ4v) is 1.97. The van der Waals surface area contributed by atoms with Crippen LogP contribution in [-0.4, -0.2) is 4.92 Å². The molecule has 1 N–H and O–H groups in total. The van der Waals surface area contributed by atoms with Crippen molar-refractivity contribution in [3.05, 3.63) is 68.5 Å². The molecule has 0 bridgehead atoms. The van der Waals surface area contributed by atoms with Gasteiger partial charge in [0.05, 0.1) is 4.92 Å². The predicted molar refractivity (Wildman–Crippen MR) is 76.6 cm³/mol. The third-order valence-corrected chi connectivity index (χ3v) is 3.28. The molecule has 0 fully saturated rings. The quantitative estimate of drug-likeness (QED) is 0.675. The standard InChI is InChI=1S/C14H12ClFN2O2/c1-9-2-3-11(16)7-14(9)17-8-10-6-12(18(19)20)4-5-13(10)15/h2-7,17H,8H2,1H3. The van der Waals surface area contributed by atoms with E-state index in [0.29, 0.717) is 16.3 Å². The first-order chi connectivity index (χ1) is 9.47. The summed E-state index contributed by atoms with van der Waals surface area (Å²) in [6.07, 6.45) is 0. The van der Waals surface area contributed by atoms with Crippen LogP contribution in [0.5, 0.6) is 0 Å². The van der Waals surface area contributed by atoms with Crippen LogP contribution in [0.2, 0.25) is 5.02 Å². The summed E-state index contributed by atoms with van der Waals surface area (Å²) in [5.41, 5.74) is 2.08. The van der Waals surface area contributed by atoms with Crippen molar-refractivity contribution in [1.29, 1.82) is 0 Å². The molecule has 0 aliphatic heterocycles. The Morgan fingerprint density at radius 1 is 1.30 bits per heavy atom. The molecule has 0 saturated carbocycles. The molecular formula is C14H12ClFN2O2. The van der Waals surface area contributed by atoms with Crippen molar-refractivity contribution in [2.75, 3.05) is 5.32 Å². The first-order valence-corrected chi connectivity index (χ1v) is 6.28. The molecule has 0 aromatic heterocycles. The van der Waals surface area contributed by atoms with E-state index in [2.05, 4.69) is 5.32 Å². The first-order valence-electron chi connectivity index (χ1n) is 5.90.